The summed E-state index contributed by atoms with van der Waals surface area (Å²) in [6.07, 6.45) is -2.60. The van der Waals surface area contributed by atoms with E-state index >= 15 is 0 Å². The first kappa shape index (κ1) is 16.7. The number of hydrogen-bond donors (Lipinski definition) is 1. The van der Waals surface area contributed by atoms with Crippen molar-refractivity contribution in [2.45, 2.75) is 50.6 Å². The minimum absolute atomic E-state index is 0.0877. The van der Waals surface area contributed by atoms with Crippen molar-refractivity contribution in [3.63, 3.8) is 0 Å². The highest BCUT2D eigenvalue weighted by molar-refractivity contribution is 5.70. The van der Waals surface area contributed by atoms with Crippen molar-refractivity contribution in [3.8, 4) is 0 Å². The molecule has 0 radical (unpaired) electrons. The molecular weight excluding hydrogens is 329 g/mol. The molecule has 0 saturated heterocycles. The molecule has 0 bridgehead atoms. The Morgan fingerprint density at radius 1 is 1.42 bits per heavy atom. The van der Waals surface area contributed by atoms with Gasteiger partial charge in [0.2, 0.25) is 0 Å². The molecule has 1 aliphatic carbocycles. The maximum Gasteiger partial charge on any atom is 0.406 e. The maximum atomic E-state index is 12.7. The Kier molecular flexibility index (Phi) is 3.63. The van der Waals surface area contributed by atoms with E-state index in [2.05, 4.69) is 4.98 Å². The molecule has 10 heteroatoms. The lowest BCUT2D eigenvalue weighted by molar-refractivity contribution is -0.140. The van der Waals surface area contributed by atoms with Crippen LogP contribution in [0.5, 0.6) is 0 Å². The molecule has 3 rings (SSSR count). The van der Waals surface area contributed by atoms with Crippen LogP contribution in [0.15, 0.2) is 15.9 Å². The zero-order valence-corrected chi connectivity index (χ0v) is 13.2. The third kappa shape index (κ3) is 2.74. The summed E-state index contributed by atoms with van der Waals surface area (Å²) in [6, 6.07) is -0.551. The monoisotopic (exact) mass is 346 g/mol. The van der Waals surface area contributed by atoms with Crippen LogP contribution in [0.1, 0.15) is 32.2 Å². The lowest BCUT2D eigenvalue weighted by Gasteiger charge is -2.18. The number of nitrogens with zero attached hydrogens (tertiary/aromatic N) is 4. The molecule has 2 aromatic heterocycles. The molecule has 1 N–H and O–H groups in total. The van der Waals surface area contributed by atoms with Gasteiger partial charge < -0.3 is 9.67 Å². The summed E-state index contributed by atoms with van der Waals surface area (Å²) in [5, 5.41) is 10.1. The van der Waals surface area contributed by atoms with E-state index < -0.39 is 35.6 Å². The number of hydrogen-bond acceptors (Lipinski definition) is 4. The second kappa shape index (κ2) is 5.20. The Labute approximate surface area is 134 Å². The fourth-order valence-corrected chi connectivity index (χ4v) is 3.33. The fraction of sp³-hybridized carbons (Fsp3) is 0.643. The van der Waals surface area contributed by atoms with E-state index in [1.165, 1.54) is 7.05 Å². The zero-order valence-electron chi connectivity index (χ0n) is 13.2. The number of imidazole rings is 1. The third-order valence-corrected chi connectivity index (χ3v) is 4.46. The Hall–Kier alpha value is -2.10. The van der Waals surface area contributed by atoms with Crippen molar-refractivity contribution >= 4 is 11.2 Å². The topological polar surface area (TPSA) is 82.0 Å². The van der Waals surface area contributed by atoms with E-state index in [4.69, 9.17) is 0 Å². The predicted octanol–water partition coefficient (Wildman–Crippen LogP) is 0.935. The zero-order chi connectivity index (χ0) is 17.9. The van der Waals surface area contributed by atoms with Gasteiger partial charge in [0.05, 0.1) is 11.9 Å². The quantitative estimate of drug-likeness (QED) is 0.877. The standard InChI is InChI=1S/C14H17F3N4O3/c1-13(24)4-3-8(5-13)21-11(22)9-10(19(2)12(21)23)18-7-20(9)6-14(15,16)17/h7-8,24H,3-6H2,1-2H3/t8?,13-/m0/s1. The van der Waals surface area contributed by atoms with Crippen molar-refractivity contribution < 1.29 is 18.3 Å². The average molecular weight is 346 g/mol. The lowest BCUT2D eigenvalue weighted by atomic mass is 10.1. The maximum absolute atomic E-state index is 12.7. The largest absolute Gasteiger partial charge is 0.406 e. The summed E-state index contributed by atoms with van der Waals surface area (Å²) in [5.41, 5.74) is -2.81. The van der Waals surface area contributed by atoms with Crippen LogP contribution in [0.4, 0.5) is 13.2 Å². The molecule has 24 heavy (non-hydrogen) atoms. The Morgan fingerprint density at radius 2 is 2.08 bits per heavy atom. The summed E-state index contributed by atoms with van der Waals surface area (Å²) >= 11 is 0. The molecule has 0 spiro atoms. The average Bonchev–Trinajstić information content (AvgIpc) is 2.99. The molecule has 0 amide bonds. The fourth-order valence-electron chi connectivity index (χ4n) is 3.33. The van der Waals surface area contributed by atoms with E-state index in [0.717, 1.165) is 15.5 Å². The van der Waals surface area contributed by atoms with Crippen LogP contribution in [0, 0.1) is 0 Å². The van der Waals surface area contributed by atoms with Gasteiger partial charge in [-0.15, -0.1) is 0 Å². The number of aryl methyl sites for hydroxylation is 1. The molecule has 1 fully saturated rings. The van der Waals surface area contributed by atoms with Crippen molar-refractivity contribution in [2.24, 2.45) is 7.05 Å². The minimum atomic E-state index is -4.52. The molecule has 1 unspecified atom stereocenters. The van der Waals surface area contributed by atoms with Crippen LogP contribution in [-0.2, 0) is 13.6 Å². The molecular formula is C14H17F3N4O3. The van der Waals surface area contributed by atoms with Crippen LogP contribution < -0.4 is 11.2 Å². The summed E-state index contributed by atoms with van der Waals surface area (Å²) in [7, 11) is 1.36. The van der Waals surface area contributed by atoms with E-state index in [0.29, 0.717) is 17.4 Å². The summed E-state index contributed by atoms with van der Waals surface area (Å²) in [5.74, 6) is 0. The minimum Gasteiger partial charge on any atom is -0.390 e. The van der Waals surface area contributed by atoms with Crippen molar-refractivity contribution in [1.29, 1.82) is 0 Å². The van der Waals surface area contributed by atoms with E-state index in [1.54, 1.807) is 6.92 Å². The number of rotatable bonds is 2. The molecule has 2 aromatic rings. The second-order valence-corrected chi connectivity index (χ2v) is 6.57. The first-order valence-electron chi connectivity index (χ1n) is 7.46. The predicted molar refractivity (Wildman–Crippen MR) is 78.8 cm³/mol. The van der Waals surface area contributed by atoms with Gasteiger partial charge in [0.25, 0.3) is 5.56 Å². The molecule has 0 aliphatic heterocycles. The normalized spacial score (nSPS) is 24.8. The van der Waals surface area contributed by atoms with Crippen LogP contribution in [-0.4, -0.2) is 35.6 Å². The van der Waals surface area contributed by atoms with Gasteiger partial charge in [0, 0.05) is 13.1 Å². The van der Waals surface area contributed by atoms with Crippen molar-refractivity contribution in [2.75, 3.05) is 0 Å². The Balaban J connectivity index is 2.22. The molecule has 1 saturated carbocycles. The van der Waals surface area contributed by atoms with Gasteiger partial charge in [-0.2, -0.15) is 13.2 Å². The van der Waals surface area contributed by atoms with Crippen LogP contribution >= 0.6 is 0 Å². The van der Waals surface area contributed by atoms with Gasteiger partial charge in [0.15, 0.2) is 11.2 Å². The molecule has 1 aliphatic rings. The third-order valence-electron chi connectivity index (χ3n) is 4.46. The molecule has 132 valence electrons. The van der Waals surface area contributed by atoms with E-state index in [1.807, 2.05) is 0 Å². The highest BCUT2D eigenvalue weighted by Gasteiger charge is 2.36. The number of halogens is 3. The van der Waals surface area contributed by atoms with Gasteiger partial charge in [-0.1, -0.05) is 0 Å². The first-order chi connectivity index (χ1) is 11.0. The van der Waals surface area contributed by atoms with E-state index in [9.17, 15) is 27.9 Å². The number of fused-ring (bicyclic) bond motifs is 1. The summed E-state index contributed by atoms with van der Waals surface area (Å²) in [6.45, 7) is 0.244. The van der Waals surface area contributed by atoms with Gasteiger partial charge in [0.1, 0.15) is 6.54 Å². The van der Waals surface area contributed by atoms with Crippen LogP contribution in [0.2, 0.25) is 0 Å². The molecule has 7 nitrogen and oxygen atoms in total. The summed E-state index contributed by atoms with van der Waals surface area (Å²) in [4.78, 5) is 29.0. The van der Waals surface area contributed by atoms with Gasteiger partial charge >= 0.3 is 11.9 Å². The first-order valence-corrected chi connectivity index (χ1v) is 7.46. The molecule has 0 aromatic carbocycles. The van der Waals surface area contributed by atoms with Crippen LogP contribution in [0.3, 0.4) is 0 Å². The van der Waals surface area contributed by atoms with Gasteiger partial charge in [-0.3, -0.25) is 13.9 Å². The Morgan fingerprint density at radius 3 is 2.62 bits per heavy atom. The molecule has 2 heterocycles. The van der Waals surface area contributed by atoms with E-state index in [-0.39, 0.29) is 17.6 Å². The van der Waals surface area contributed by atoms with Crippen molar-refractivity contribution in [1.82, 2.24) is 18.7 Å². The SMILES string of the molecule is Cn1c(=O)n(C2CC[C@](C)(O)C2)c(=O)c2c1ncn2CC(F)(F)F. The smallest absolute Gasteiger partial charge is 0.390 e. The number of aliphatic hydroxyl groups is 1. The second-order valence-electron chi connectivity index (χ2n) is 6.57. The number of alkyl halides is 3. The Bertz CT molecular complexity index is 907. The lowest BCUT2D eigenvalue weighted by Crippen LogP contribution is -2.42. The highest BCUT2D eigenvalue weighted by atomic mass is 19.4. The van der Waals surface area contributed by atoms with Crippen molar-refractivity contribution in [3.05, 3.63) is 27.2 Å². The number of aromatic nitrogens is 4. The van der Waals surface area contributed by atoms with Gasteiger partial charge in [-0.05, 0) is 26.2 Å². The molecule has 2 atom stereocenters. The highest BCUT2D eigenvalue weighted by Crippen LogP contribution is 2.36. The van der Waals surface area contributed by atoms with Crippen LogP contribution in [0.25, 0.3) is 11.2 Å². The van der Waals surface area contributed by atoms with Gasteiger partial charge in [-0.25, -0.2) is 9.78 Å². The summed E-state index contributed by atoms with van der Waals surface area (Å²) < 4.78 is 40.8.